The summed E-state index contributed by atoms with van der Waals surface area (Å²) in [6.07, 6.45) is 0.926. The number of morpholine rings is 1. The number of sulfonamides is 2. The SMILES string of the molecule is NS(=O)(=O)c1ccc(S(=O)(=O)N2CCC(C(=O)N3CCOCC3)CC2)cc1. The van der Waals surface area contributed by atoms with Crippen molar-refractivity contribution < 1.29 is 26.4 Å². The highest BCUT2D eigenvalue weighted by Crippen LogP contribution is 2.26. The molecule has 2 N–H and O–H groups in total. The van der Waals surface area contributed by atoms with Gasteiger partial charge >= 0.3 is 0 Å². The second-order valence-corrected chi connectivity index (χ2v) is 10.1. The van der Waals surface area contributed by atoms with Crippen molar-refractivity contribution in [3.63, 3.8) is 0 Å². The molecule has 0 saturated carbocycles. The monoisotopic (exact) mass is 417 g/mol. The number of hydrogen-bond donors (Lipinski definition) is 1. The number of primary sulfonamides is 1. The number of nitrogens with zero attached hydrogens (tertiary/aromatic N) is 2. The molecule has 0 spiro atoms. The summed E-state index contributed by atoms with van der Waals surface area (Å²) >= 11 is 0. The van der Waals surface area contributed by atoms with Gasteiger partial charge in [0.1, 0.15) is 0 Å². The first-order chi connectivity index (χ1) is 12.7. The Bertz CT molecular complexity index is 885. The van der Waals surface area contributed by atoms with Crippen LogP contribution in [0.3, 0.4) is 0 Å². The predicted molar refractivity (Wildman–Crippen MR) is 96.7 cm³/mol. The lowest BCUT2D eigenvalue weighted by Gasteiger charge is -2.35. The van der Waals surface area contributed by atoms with Crippen LogP contribution in [-0.2, 0) is 29.6 Å². The molecule has 0 bridgehead atoms. The lowest BCUT2D eigenvalue weighted by Crippen LogP contribution is -2.47. The molecule has 0 unspecified atom stereocenters. The maximum atomic E-state index is 12.8. The third-order valence-corrected chi connectivity index (χ3v) is 7.76. The third kappa shape index (κ3) is 4.49. The van der Waals surface area contributed by atoms with Crippen LogP contribution in [0.4, 0.5) is 0 Å². The van der Waals surface area contributed by atoms with Crippen molar-refractivity contribution in [2.24, 2.45) is 11.1 Å². The quantitative estimate of drug-likeness (QED) is 0.710. The Balaban J connectivity index is 1.65. The number of amides is 1. The highest BCUT2D eigenvalue weighted by molar-refractivity contribution is 7.89. The van der Waals surface area contributed by atoms with Crippen LogP contribution >= 0.6 is 0 Å². The summed E-state index contributed by atoms with van der Waals surface area (Å²) in [5.41, 5.74) is 0. The standard InChI is InChI=1S/C16H23N3O6S2/c17-26(21,22)14-1-3-15(4-2-14)27(23,24)19-7-5-13(6-8-19)16(20)18-9-11-25-12-10-18/h1-4,13H,5-12H2,(H2,17,21,22). The van der Waals surface area contributed by atoms with Gasteiger partial charge in [-0.3, -0.25) is 4.79 Å². The van der Waals surface area contributed by atoms with E-state index < -0.39 is 20.0 Å². The molecule has 1 aromatic rings. The fourth-order valence-corrected chi connectivity index (χ4v) is 5.32. The molecule has 27 heavy (non-hydrogen) atoms. The molecule has 9 nitrogen and oxygen atoms in total. The maximum Gasteiger partial charge on any atom is 0.243 e. The molecule has 2 fully saturated rings. The summed E-state index contributed by atoms with van der Waals surface area (Å²) in [4.78, 5) is 14.2. The topological polar surface area (TPSA) is 127 Å². The molecule has 1 amide bonds. The van der Waals surface area contributed by atoms with Crippen LogP contribution in [0.5, 0.6) is 0 Å². The van der Waals surface area contributed by atoms with Gasteiger partial charge in [-0.25, -0.2) is 22.0 Å². The van der Waals surface area contributed by atoms with Crippen LogP contribution in [0, 0.1) is 5.92 Å². The normalized spacial score (nSPS) is 20.6. The van der Waals surface area contributed by atoms with Crippen LogP contribution < -0.4 is 5.14 Å². The van der Waals surface area contributed by atoms with Crippen molar-refractivity contribution in [3.8, 4) is 0 Å². The number of ether oxygens (including phenoxy) is 1. The van der Waals surface area contributed by atoms with Crippen molar-refractivity contribution in [1.82, 2.24) is 9.21 Å². The fraction of sp³-hybridized carbons (Fsp3) is 0.562. The van der Waals surface area contributed by atoms with Crippen molar-refractivity contribution >= 4 is 26.0 Å². The lowest BCUT2D eigenvalue weighted by molar-refractivity contribution is -0.140. The van der Waals surface area contributed by atoms with E-state index in [0.29, 0.717) is 39.1 Å². The van der Waals surface area contributed by atoms with Gasteiger partial charge in [0, 0.05) is 32.1 Å². The van der Waals surface area contributed by atoms with Crippen LogP contribution in [0.2, 0.25) is 0 Å². The minimum Gasteiger partial charge on any atom is -0.378 e. The van der Waals surface area contributed by atoms with Crippen molar-refractivity contribution in [3.05, 3.63) is 24.3 Å². The largest absolute Gasteiger partial charge is 0.378 e. The first kappa shape index (κ1) is 20.2. The summed E-state index contributed by atoms with van der Waals surface area (Å²) in [6, 6.07) is 4.83. The number of piperidine rings is 1. The minimum atomic E-state index is -3.88. The smallest absolute Gasteiger partial charge is 0.243 e. The molecule has 0 radical (unpaired) electrons. The van der Waals surface area contributed by atoms with Gasteiger partial charge < -0.3 is 9.64 Å². The molecule has 2 aliphatic rings. The molecule has 2 saturated heterocycles. The number of hydrogen-bond acceptors (Lipinski definition) is 6. The second kappa shape index (κ2) is 7.84. The Morgan fingerprint density at radius 2 is 1.44 bits per heavy atom. The summed E-state index contributed by atoms with van der Waals surface area (Å²) in [6.45, 7) is 2.72. The Morgan fingerprint density at radius 3 is 1.96 bits per heavy atom. The van der Waals surface area contributed by atoms with E-state index in [0.717, 1.165) is 0 Å². The fourth-order valence-electron chi connectivity index (χ4n) is 3.34. The van der Waals surface area contributed by atoms with E-state index in [2.05, 4.69) is 0 Å². The van der Waals surface area contributed by atoms with E-state index in [1.807, 2.05) is 0 Å². The number of nitrogens with two attached hydrogens (primary N) is 1. The first-order valence-electron chi connectivity index (χ1n) is 8.69. The molecule has 1 aromatic carbocycles. The molecule has 2 heterocycles. The number of benzene rings is 1. The van der Waals surface area contributed by atoms with Gasteiger partial charge in [-0.1, -0.05) is 0 Å². The highest BCUT2D eigenvalue weighted by atomic mass is 32.2. The van der Waals surface area contributed by atoms with Crippen LogP contribution in [0.1, 0.15) is 12.8 Å². The zero-order valence-electron chi connectivity index (χ0n) is 14.8. The minimum absolute atomic E-state index is 0.00727. The van der Waals surface area contributed by atoms with Crippen LogP contribution in [0.25, 0.3) is 0 Å². The van der Waals surface area contributed by atoms with E-state index in [-0.39, 0.29) is 34.7 Å². The van der Waals surface area contributed by atoms with Crippen molar-refractivity contribution in [2.75, 3.05) is 39.4 Å². The molecular weight excluding hydrogens is 394 g/mol. The maximum absolute atomic E-state index is 12.8. The van der Waals surface area contributed by atoms with Crippen molar-refractivity contribution in [1.29, 1.82) is 0 Å². The summed E-state index contributed by atoms with van der Waals surface area (Å²) in [7, 11) is -7.62. The molecule has 11 heteroatoms. The van der Waals surface area contributed by atoms with E-state index in [9.17, 15) is 21.6 Å². The van der Waals surface area contributed by atoms with Gasteiger partial charge in [-0.15, -0.1) is 0 Å². The molecule has 2 aliphatic heterocycles. The van der Waals surface area contributed by atoms with Gasteiger partial charge in [0.25, 0.3) is 0 Å². The zero-order valence-corrected chi connectivity index (χ0v) is 16.4. The van der Waals surface area contributed by atoms with Crippen LogP contribution in [-0.4, -0.2) is 71.3 Å². The molecular formula is C16H23N3O6S2. The summed E-state index contributed by atoms with van der Waals surface area (Å²) in [5.74, 6) is -0.118. The van der Waals surface area contributed by atoms with Gasteiger partial charge in [-0.2, -0.15) is 4.31 Å². The van der Waals surface area contributed by atoms with E-state index in [4.69, 9.17) is 9.88 Å². The molecule has 150 valence electrons. The second-order valence-electron chi connectivity index (χ2n) is 6.63. The summed E-state index contributed by atoms with van der Waals surface area (Å²) < 4.78 is 54.7. The van der Waals surface area contributed by atoms with Gasteiger partial charge in [0.05, 0.1) is 23.0 Å². The Morgan fingerprint density at radius 1 is 0.926 bits per heavy atom. The summed E-state index contributed by atoms with van der Waals surface area (Å²) in [5, 5.41) is 5.03. The number of carbonyl (C=O) groups is 1. The Labute approximate surface area is 159 Å². The molecule has 0 aliphatic carbocycles. The van der Waals surface area contributed by atoms with Crippen LogP contribution in [0.15, 0.2) is 34.1 Å². The first-order valence-corrected chi connectivity index (χ1v) is 11.7. The van der Waals surface area contributed by atoms with E-state index >= 15 is 0 Å². The highest BCUT2D eigenvalue weighted by Gasteiger charge is 2.34. The Kier molecular flexibility index (Phi) is 5.87. The molecule has 0 aromatic heterocycles. The average molecular weight is 418 g/mol. The van der Waals surface area contributed by atoms with Gasteiger partial charge in [0.2, 0.25) is 26.0 Å². The lowest BCUT2D eigenvalue weighted by atomic mass is 9.96. The number of carbonyl (C=O) groups excluding carboxylic acids is 1. The zero-order chi connectivity index (χ0) is 19.7. The third-order valence-electron chi connectivity index (χ3n) is 4.92. The van der Waals surface area contributed by atoms with E-state index in [1.165, 1.54) is 28.6 Å². The predicted octanol–water partition coefficient (Wildman–Crippen LogP) is -0.406. The number of rotatable bonds is 4. The van der Waals surface area contributed by atoms with Gasteiger partial charge in [0.15, 0.2) is 0 Å². The Hall–Kier alpha value is -1.53. The van der Waals surface area contributed by atoms with Gasteiger partial charge in [-0.05, 0) is 37.1 Å². The molecule has 0 atom stereocenters. The average Bonchev–Trinajstić information content (AvgIpc) is 2.67. The van der Waals surface area contributed by atoms with E-state index in [1.54, 1.807) is 4.90 Å². The molecule has 3 rings (SSSR count). The van der Waals surface area contributed by atoms with Crippen molar-refractivity contribution in [2.45, 2.75) is 22.6 Å².